The molecule has 1 unspecified atom stereocenters. The van der Waals surface area contributed by atoms with Crippen molar-refractivity contribution in [2.75, 3.05) is 13.2 Å². The number of halogens is 4. The Labute approximate surface area is 170 Å². The predicted octanol–water partition coefficient (Wildman–Crippen LogP) is 2.61. The molecular weight excluding hydrogens is 412 g/mol. The Balaban J connectivity index is 2.14. The third kappa shape index (κ3) is 6.07. The summed E-state index contributed by atoms with van der Waals surface area (Å²) < 4.78 is 63.7. The molecule has 1 aromatic carbocycles. The summed E-state index contributed by atoms with van der Waals surface area (Å²) in [6, 6.07) is -1.29. The van der Waals surface area contributed by atoms with Crippen molar-refractivity contribution < 1.29 is 41.4 Å². The highest BCUT2D eigenvalue weighted by Gasteiger charge is 2.33. The molecule has 2 N–H and O–H groups in total. The van der Waals surface area contributed by atoms with Crippen molar-refractivity contribution >= 4 is 17.8 Å². The maximum Gasteiger partial charge on any atom is 0.408 e. The minimum Gasteiger partial charge on any atom is -0.479 e. The second-order valence-electron chi connectivity index (χ2n) is 7.76. The summed E-state index contributed by atoms with van der Waals surface area (Å²) >= 11 is 0. The number of alkyl carbamates (subject to hydrolysis) is 1. The number of carbonyl (C=O) groups excluding carboxylic acids is 3. The summed E-state index contributed by atoms with van der Waals surface area (Å²) in [6.07, 6.45) is -0.651. The fourth-order valence-electron chi connectivity index (χ4n) is 2.80. The quantitative estimate of drug-likeness (QED) is 0.508. The van der Waals surface area contributed by atoms with Crippen molar-refractivity contribution in [1.29, 1.82) is 0 Å². The molecule has 2 rings (SSSR count). The van der Waals surface area contributed by atoms with E-state index in [0.29, 0.717) is 13.0 Å². The Morgan fingerprint density at radius 1 is 1.20 bits per heavy atom. The maximum atomic E-state index is 13.7. The summed E-state index contributed by atoms with van der Waals surface area (Å²) in [5.41, 5.74) is -0.871. The number of amides is 2. The first-order valence-electron chi connectivity index (χ1n) is 9.14. The fraction of sp³-hybridized carbons (Fsp3) is 0.526. The minimum absolute atomic E-state index is 0.00488. The second-order valence-corrected chi connectivity index (χ2v) is 7.76. The number of hydrogen-bond donors (Lipinski definition) is 2. The van der Waals surface area contributed by atoms with Gasteiger partial charge in [-0.3, -0.25) is 9.59 Å². The van der Waals surface area contributed by atoms with E-state index in [1.807, 2.05) is 0 Å². The van der Waals surface area contributed by atoms with E-state index < -0.39 is 65.1 Å². The molecule has 2 atom stereocenters. The smallest absolute Gasteiger partial charge is 0.408 e. The average molecular weight is 434 g/mol. The van der Waals surface area contributed by atoms with Crippen LogP contribution in [-0.2, 0) is 14.3 Å². The first kappa shape index (κ1) is 23.4. The largest absolute Gasteiger partial charge is 0.479 e. The molecule has 1 aliphatic rings. The fourth-order valence-corrected chi connectivity index (χ4v) is 2.80. The van der Waals surface area contributed by atoms with Crippen molar-refractivity contribution in [1.82, 2.24) is 10.6 Å². The van der Waals surface area contributed by atoms with Crippen LogP contribution in [0.25, 0.3) is 0 Å². The number of carbonyl (C=O) groups is 3. The monoisotopic (exact) mass is 434 g/mol. The van der Waals surface area contributed by atoms with Gasteiger partial charge in [0.05, 0.1) is 6.04 Å². The lowest BCUT2D eigenvalue weighted by atomic mass is 9.96. The number of ketones is 1. The second kappa shape index (κ2) is 9.31. The Hall–Kier alpha value is -2.85. The molecule has 1 fully saturated rings. The van der Waals surface area contributed by atoms with E-state index in [1.54, 1.807) is 20.8 Å². The topological polar surface area (TPSA) is 93.7 Å². The van der Waals surface area contributed by atoms with Gasteiger partial charge in [-0.2, -0.15) is 8.78 Å². The van der Waals surface area contributed by atoms with Crippen LogP contribution in [0.3, 0.4) is 0 Å². The highest BCUT2D eigenvalue weighted by molar-refractivity contribution is 5.90. The van der Waals surface area contributed by atoms with Crippen LogP contribution in [0.4, 0.5) is 22.4 Å². The standard InChI is InChI=1S/C19H22F4N2O5/c1-19(2,3)30-18(28)25-12(6-9-4-5-24-17(9)27)13(26)8-29-16-14(22)10(20)7-11(21)15(16)23/h7,9,12H,4-6,8H2,1-3H3,(H,24,27)(H,25,28)/t9-,12?/m0/s1. The molecule has 0 saturated carbocycles. The number of rotatable bonds is 7. The van der Waals surface area contributed by atoms with Gasteiger partial charge in [0.2, 0.25) is 17.5 Å². The van der Waals surface area contributed by atoms with Gasteiger partial charge in [-0.25, -0.2) is 13.6 Å². The van der Waals surface area contributed by atoms with Crippen LogP contribution >= 0.6 is 0 Å². The van der Waals surface area contributed by atoms with Crippen molar-refractivity contribution in [3.05, 3.63) is 29.3 Å². The zero-order valence-electron chi connectivity index (χ0n) is 16.6. The van der Waals surface area contributed by atoms with Crippen LogP contribution in [0.15, 0.2) is 6.07 Å². The number of hydrogen-bond acceptors (Lipinski definition) is 5. The van der Waals surface area contributed by atoms with E-state index >= 15 is 0 Å². The van der Waals surface area contributed by atoms with Crippen LogP contribution in [0.5, 0.6) is 5.75 Å². The molecule has 0 aromatic heterocycles. The van der Waals surface area contributed by atoms with Crippen molar-refractivity contribution in [2.45, 2.75) is 45.3 Å². The molecule has 1 aliphatic heterocycles. The van der Waals surface area contributed by atoms with Crippen LogP contribution < -0.4 is 15.4 Å². The van der Waals surface area contributed by atoms with Gasteiger partial charge in [-0.15, -0.1) is 0 Å². The number of nitrogens with one attached hydrogen (secondary N) is 2. The van der Waals surface area contributed by atoms with E-state index in [1.165, 1.54) is 0 Å². The SMILES string of the molecule is CC(C)(C)OC(=O)NC(C[C@@H]1CCNC1=O)C(=O)COc1c(F)c(F)cc(F)c1F. The van der Waals surface area contributed by atoms with Gasteiger partial charge >= 0.3 is 6.09 Å². The van der Waals surface area contributed by atoms with Crippen LogP contribution in [0, 0.1) is 29.2 Å². The summed E-state index contributed by atoms with van der Waals surface area (Å²) in [6.45, 7) is 4.18. The molecule has 11 heteroatoms. The van der Waals surface area contributed by atoms with Gasteiger partial charge < -0.3 is 20.1 Å². The normalized spacial score (nSPS) is 17.3. The third-order valence-corrected chi connectivity index (χ3v) is 4.19. The summed E-state index contributed by atoms with van der Waals surface area (Å²) in [4.78, 5) is 36.4. The molecule has 0 aliphatic carbocycles. The maximum absolute atomic E-state index is 13.7. The first-order chi connectivity index (χ1) is 13.9. The molecule has 0 bridgehead atoms. The lowest BCUT2D eigenvalue weighted by molar-refractivity contribution is -0.125. The molecule has 0 radical (unpaired) electrons. The molecule has 166 valence electrons. The molecule has 2 amide bonds. The highest BCUT2D eigenvalue weighted by Crippen LogP contribution is 2.26. The molecule has 7 nitrogen and oxygen atoms in total. The van der Waals surface area contributed by atoms with E-state index in [-0.39, 0.29) is 18.4 Å². The van der Waals surface area contributed by atoms with Crippen molar-refractivity contribution in [3.8, 4) is 5.75 Å². The number of benzene rings is 1. The zero-order valence-corrected chi connectivity index (χ0v) is 16.6. The molecule has 1 aromatic rings. The summed E-state index contributed by atoms with van der Waals surface area (Å²) in [5, 5.41) is 4.89. The predicted molar refractivity (Wildman–Crippen MR) is 95.7 cm³/mol. The molecule has 1 heterocycles. The van der Waals surface area contributed by atoms with E-state index in [9.17, 15) is 31.9 Å². The molecule has 0 spiro atoms. The Kier molecular flexibility index (Phi) is 7.27. The Bertz CT molecular complexity index is 815. The number of Topliss-reactive ketones (excluding diaryl/α,β-unsaturated/α-hetero) is 1. The van der Waals surface area contributed by atoms with Crippen LogP contribution in [0.1, 0.15) is 33.6 Å². The van der Waals surface area contributed by atoms with Gasteiger partial charge in [0, 0.05) is 18.5 Å². The van der Waals surface area contributed by atoms with Crippen molar-refractivity contribution in [3.63, 3.8) is 0 Å². The van der Waals surface area contributed by atoms with Gasteiger partial charge in [-0.05, 0) is 33.6 Å². The van der Waals surface area contributed by atoms with E-state index in [2.05, 4.69) is 15.4 Å². The van der Waals surface area contributed by atoms with Crippen molar-refractivity contribution in [2.24, 2.45) is 5.92 Å². The number of ether oxygens (including phenoxy) is 2. The van der Waals surface area contributed by atoms with Gasteiger partial charge in [0.25, 0.3) is 0 Å². The van der Waals surface area contributed by atoms with Gasteiger partial charge in [-0.1, -0.05) is 0 Å². The van der Waals surface area contributed by atoms with Crippen LogP contribution in [0.2, 0.25) is 0 Å². The molecule has 1 saturated heterocycles. The average Bonchev–Trinajstić information content (AvgIpc) is 3.02. The summed E-state index contributed by atoms with van der Waals surface area (Å²) in [7, 11) is 0. The lowest BCUT2D eigenvalue weighted by Gasteiger charge is -2.24. The molecule has 30 heavy (non-hydrogen) atoms. The Morgan fingerprint density at radius 3 is 2.30 bits per heavy atom. The van der Waals surface area contributed by atoms with Gasteiger partial charge in [0.1, 0.15) is 12.2 Å². The van der Waals surface area contributed by atoms with Crippen LogP contribution in [-0.4, -0.2) is 42.6 Å². The lowest BCUT2D eigenvalue weighted by Crippen LogP contribution is -2.46. The van der Waals surface area contributed by atoms with Gasteiger partial charge in [0.15, 0.2) is 23.2 Å². The molecular formula is C19H22F4N2O5. The highest BCUT2D eigenvalue weighted by atomic mass is 19.2. The van der Waals surface area contributed by atoms with E-state index in [4.69, 9.17) is 4.74 Å². The van der Waals surface area contributed by atoms with E-state index in [0.717, 1.165) is 0 Å². The minimum atomic E-state index is -1.80. The Morgan fingerprint density at radius 2 is 1.80 bits per heavy atom. The zero-order chi connectivity index (χ0) is 22.6. The first-order valence-corrected chi connectivity index (χ1v) is 9.14. The summed E-state index contributed by atoms with van der Waals surface area (Å²) in [5.74, 6) is -10.1. The third-order valence-electron chi connectivity index (χ3n) is 4.19.